The summed E-state index contributed by atoms with van der Waals surface area (Å²) in [5.74, 6) is 0.553. The molecule has 2 aromatic rings. The zero-order chi connectivity index (χ0) is 14.1. The molecular formula is C16H15ClFNO. The summed E-state index contributed by atoms with van der Waals surface area (Å²) in [5.41, 5.74) is 2.95. The first kappa shape index (κ1) is 13.3. The Morgan fingerprint density at radius 3 is 3.00 bits per heavy atom. The number of hydrogen-bond donors (Lipinski definition) is 1. The molecule has 0 spiro atoms. The van der Waals surface area contributed by atoms with Gasteiger partial charge in [-0.15, -0.1) is 0 Å². The number of aryl methyl sites for hydroxylation is 1. The topological polar surface area (TPSA) is 21.3 Å². The van der Waals surface area contributed by atoms with Gasteiger partial charge in [-0.25, -0.2) is 4.39 Å². The maximum absolute atomic E-state index is 13.2. The Morgan fingerprint density at radius 1 is 1.35 bits per heavy atom. The molecule has 0 radical (unpaired) electrons. The molecule has 0 bridgehead atoms. The lowest BCUT2D eigenvalue weighted by molar-refractivity contribution is 0.246. The van der Waals surface area contributed by atoms with Crippen LogP contribution < -0.4 is 10.1 Å². The molecule has 0 saturated carbocycles. The third-order valence-electron chi connectivity index (χ3n) is 3.49. The maximum Gasteiger partial charge on any atom is 0.123 e. The summed E-state index contributed by atoms with van der Waals surface area (Å²) in [6.45, 7) is 2.65. The molecule has 2 nitrogen and oxygen atoms in total. The standard InChI is InChI=1S/C16H15ClFNO/c1-10-3-2-4-14(17)16(10)19-9-13-8-11-7-12(18)5-6-15(11)20-13/h2-7,13,19H,8-9H2,1H3. The van der Waals surface area contributed by atoms with E-state index in [2.05, 4.69) is 5.32 Å². The van der Waals surface area contributed by atoms with Crippen LogP contribution in [0.1, 0.15) is 11.1 Å². The molecule has 1 N–H and O–H groups in total. The molecule has 0 fully saturated rings. The van der Waals surface area contributed by atoms with E-state index in [-0.39, 0.29) is 11.9 Å². The van der Waals surface area contributed by atoms with Gasteiger partial charge in [0.05, 0.1) is 17.3 Å². The lowest BCUT2D eigenvalue weighted by atomic mass is 10.1. The maximum atomic E-state index is 13.2. The van der Waals surface area contributed by atoms with Crippen LogP contribution in [-0.2, 0) is 6.42 Å². The number of anilines is 1. The predicted octanol–water partition coefficient (Wildman–Crippen LogP) is 4.20. The van der Waals surface area contributed by atoms with Crippen LogP contribution in [0.3, 0.4) is 0 Å². The Labute approximate surface area is 122 Å². The summed E-state index contributed by atoms with van der Waals surface area (Å²) in [5, 5.41) is 4.02. The average Bonchev–Trinajstić information content (AvgIpc) is 2.80. The second kappa shape index (κ2) is 5.33. The highest BCUT2D eigenvalue weighted by Crippen LogP contribution is 2.30. The highest BCUT2D eigenvalue weighted by molar-refractivity contribution is 6.33. The minimum absolute atomic E-state index is 0.00229. The zero-order valence-corrected chi connectivity index (χ0v) is 11.9. The fourth-order valence-corrected chi connectivity index (χ4v) is 2.76. The minimum Gasteiger partial charge on any atom is -0.488 e. The van der Waals surface area contributed by atoms with Crippen LogP contribution in [0.15, 0.2) is 36.4 Å². The van der Waals surface area contributed by atoms with Crippen molar-refractivity contribution in [2.45, 2.75) is 19.4 Å². The quantitative estimate of drug-likeness (QED) is 0.915. The summed E-state index contributed by atoms with van der Waals surface area (Å²) >= 11 is 6.17. The van der Waals surface area contributed by atoms with Gasteiger partial charge in [0.1, 0.15) is 17.7 Å². The van der Waals surface area contributed by atoms with E-state index in [9.17, 15) is 4.39 Å². The summed E-state index contributed by atoms with van der Waals surface area (Å²) < 4.78 is 18.9. The molecule has 104 valence electrons. The normalized spacial score (nSPS) is 16.6. The zero-order valence-electron chi connectivity index (χ0n) is 11.1. The number of hydrogen-bond acceptors (Lipinski definition) is 2. The Kier molecular flexibility index (Phi) is 3.53. The van der Waals surface area contributed by atoms with Crippen molar-refractivity contribution in [3.05, 3.63) is 58.4 Å². The Bertz CT molecular complexity index is 624. The number of fused-ring (bicyclic) bond motifs is 1. The van der Waals surface area contributed by atoms with E-state index >= 15 is 0 Å². The van der Waals surface area contributed by atoms with Gasteiger partial charge in [0, 0.05) is 12.0 Å². The Balaban J connectivity index is 1.67. The molecule has 2 aromatic carbocycles. The van der Waals surface area contributed by atoms with Crippen LogP contribution in [-0.4, -0.2) is 12.6 Å². The van der Waals surface area contributed by atoms with Gasteiger partial charge in [-0.2, -0.15) is 0 Å². The first-order chi connectivity index (χ1) is 9.63. The number of benzene rings is 2. The molecule has 0 aliphatic carbocycles. The molecule has 1 atom stereocenters. The minimum atomic E-state index is -0.220. The third-order valence-corrected chi connectivity index (χ3v) is 3.81. The first-order valence-electron chi connectivity index (χ1n) is 6.57. The van der Waals surface area contributed by atoms with Gasteiger partial charge < -0.3 is 10.1 Å². The van der Waals surface area contributed by atoms with Gasteiger partial charge >= 0.3 is 0 Å². The molecule has 1 unspecified atom stereocenters. The first-order valence-corrected chi connectivity index (χ1v) is 6.95. The SMILES string of the molecule is Cc1cccc(Cl)c1NCC1Cc2cc(F)ccc2O1. The van der Waals surface area contributed by atoms with Crippen molar-refractivity contribution in [3.8, 4) is 5.75 Å². The molecular weight excluding hydrogens is 277 g/mol. The van der Waals surface area contributed by atoms with E-state index in [1.807, 2.05) is 25.1 Å². The molecule has 3 rings (SSSR count). The molecule has 4 heteroatoms. The molecule has 1 aliphatic heterocycles. The summed E-state index contributed by atoms with van der Waals surface area (Å²) in [4.78, 5) is 0. The number of halogens is 2. The lowest BCUT2D eigenvalue weighted by Gasteiger charge is -2.15. The molecule has 1 heterocycles. The monoisotopic (exact) mass is 291 g/mol. The van der Waals surface area contributed by atoms with E-state index in [0.717, 1.165) is 22.6 Å². The van der Waals surface area contributed by atoms with Crippen LogP contribution in [0, 0.1) is 12.7 Å². The van der Waals surface area contributed by atoms with Crippen LogP contribution in [0.4, 0.5) is 10.1 Å². The van der Waals surface area contributed by atoms with Gasteiger partial charge in [0.15, 0.2) is 0 Å². The molecule has 0 aromatic heterocycles. The van der Waals surface area contributed by atoms with Gasteiger partial charge in [0.25, 0.3) is 0 Å². The van der Waals surface area contributed by atoms with Gasteiger partial charge in [-0.3, -0.25) is 0 Å². The van der Waals surface area contributed by atoms with E-state index < -0.39 is 0 Å². The van der Waals surface area contributed by atoms with Crippen molar-refractivity contribution in [2.24, 2.45) is 0 Å². The third kappa shape index (κ3) is 2.59. The number of para-hydroxylation sites is 1. The summed E-state index contributed by atoms with van der Waals surface area (Å²) in [6, 6.07) is 10.4. The van der Waals surface area contributed by atoms with Crippen molar-refractivity contribution in [3.63, 3.8) is 0 Å². The molecule has 0 amide bonds. The summed E-state index contributed by atoms with van der Waals surface area (Å²) in [6.07, 6.45) is 0.714. The van der Waals surface area contributed by atoms with Crippen LogP contribution >= 0.6 is 11.6 Å². The average molecular weight is 292 g/mol. The van der Waals surface area contributed by atoms with Gasteiger partial charge in [-0.1, -0.05) is 23.7 Å². The number of nitrogens with one attached hydrogen (secondary N) is 1. The fraction of sp³-hybridized carbons (Fsp3) is 0.250. The van der Waals surface area contributed by atoms with Gasteiger partial charge in [0.2, 0.25) is 0 Å². The van der Waals surface area contributed by atoms with Crippen LogP contribution in [0.25, 0.3) is 0 Å². The highest BCUT2D eigenvalue weighted by Gasteiger charge is 2.23. The molecule has 1 aliphatic rings. The van der Waals surface area contributed by atoms with E-state index in [4.69, 9.17) is 16.3 Å². The van der Waals surface area contributed by atoms with Crippen molar-refractivity contribution in [1.82, 2.24) is 0 Å². The van der Waals surface area contributed by atoms with Crippen LogP contribution in [0.2, 0.25) is 5.02 Å². The molecule has 0 saturated heterocycles. The second-order valence-corrected chi connectivity index (χ2v) is 5.42. The van der Waals surface area contributed by atoms with Crippen molar-refractivity contribution in [2.75, 3.05) is 11.9 Å². The van der Waals surface area contributed by atoms with Crippen LogP contribution in [0.5, 0.6) is 5.75 Å². The van der Waals surface area contributed by atoms with E-state index in [1.165, 1.54) is 12.1 Å². The number of ether oxygens (including phenoxy) is 1. The van der Waals surface area contributed by atoms with Crippen molar-refractivity contribution in [1.29, 1.82) is 0 Å². The number of rotatable bonds is 3. The van der Waals surface area contributed by atoms with E-state index in [0.29, 0.717) is 18.0 Å². The highest BCUT2D eigenvalue weighted by atomic mass is 35.5. The Morgan fingerprint density at radius 2 is 2.20 bits per heavy atom. The predicted molar refractivity (Wildman–Crippen MR) is 79.2 cm³/mol. The van der Waals surface area contributed by atoms with Crippen molar-refractivity contribution < 1.29 is 9.13 Å². The van der Waals surface area contributed by atoms with Gasteiger partial charge in [-0.05, 0) is 36.8 Å². The largest absolute Gasteiger partial charge is 0.488 e. The smallest absolute Gasteiger partial charge is 0.123 e. The lowest BCUT2D eigenvalue weighted by Crippen LogP contribution is -2.24. The second-order valence-electron chi connectivity index (χ2n) is 5.01. The fourth-order valence-electron chi connectivity index (χ4n) is 2.47. The van der Waals surface area contributed by atoms with Crippen molar-refractivity contribution >= 4 is 17.3 Å². The summed E-state index contributed by atoms with van der Waals surface area (Å²) in [7, 11) is 0. The van der Waals surface area contributed by atoms with E-state index in [1.54, 1.807) is 6.07 Å². The molecule has 20 heavy (non-hydrogen) atoms. The Hall–Kier alpha value is -1.74.